The highest BCUT2D eigenvalue weighted by atomic mass is 28.4. The summed E-state index contributed by atoms with van der Waals surface area (Å²) in [5.74, 6) is -0.259. The van der Waals surface area contributed by atoms with Crippen LogP contribution >= 0.6 is 0 Å². The molecule has 0 saturated heterocycles. The first-order chi connectivity index (χ1) is 10.4. The summed E-state index contributed by atoms with van der Waals surface area (Å²) in [6, 6.07) is 7.14. The number of amides is 2. The van der Waals surface area contributed by atoms with E-state index in [1.807, 2.05) is 12.1 Å². The zero-order valence-corrected chi connectivity index (χ0v) is 14.5. The van der Waals surface area contributed by atoms with Gasteiger partial charge in [0.1, 0.15) is 0 Å². The molecule has 1 fully saturated rings. The number of carbonyl (C=O) groups excluding carboxylic acids is 2. The smallest absolute Gasteiger partial charge is 0.261 e. The standard InChI is InChI=1S/C17H23NO3Si/c1-22(2,3)21-13-10-8-12(9-11-13)18-16(19)14-6-4-5-7-15(14)17(18)20/h4-7,12-13H,8-11H2,1-3H3. The molecule has 1 aliphatic heterocycles. The molecule has 1 heterocycles. The van der Waals surface area contributed by atoms with Crippen LogP contribution in [0.15, 0.2) is 24.3 Å². The van der Waals surface area contributed by atoms with E-state index in [0.29, 0.717) is 11.1 Å². The Morgan fingerprint density at radius 3 is 1.91 bits per heavy atom. The molecule has 0 N–H and O–H groups in total. The average Bonchev–Trinajstić information content (AvgIpc) is 2.71. The quantitative estimate of drug-likeness (QED) is 0.634. The first kappa shape index (κ1) is 15.4. The number of rotatable bonds is 3. The molecule has 4 nitrogen and oxygen atoms in total. The van der Waals surface area contributed by atoms with E-state index in [1.54, 1.807) is 12.1 Å². The lowest BCUT2D eigenvalue weighted by molar-refractivity contribution is 0.0470. The maximum absolute atomic E-state index is 12.5. The van der Waals surface area contributed by atoms with Crippen molar-refractivity contribution in [2.75, 3.05) is 0 Å². The molecule has 22 heavy (non-hydrogen) atoms. The van der Waals surface area contributed by atoms with Gasteiger partial charge in [-0.15, -0.1) is 0 Å². The zero-order valence-electron chi connectivity index (χ0n) is 13.5. The van der Waals surface area contributed by atoms with Crippen LogP contribution < -0.4 is 0 Å². The summed E-state index contributed by atoms with van der Waals surface area (Å²) in [4.78, 5) is 26.5. The van der Waals surface area contributed by atoms with Crippen molar-refractivity contribution >= 4 is 20.1 Å². The van der Waals surface area contributed by atoms with E-state index in [9.17, 15) is 9.59 Å². The molecule has 5 heteroatoms. The van der Waals surface area contributed by atoms with Gasteiger partial charge in [-0.2, -0.15) is 0 Å². The van der Waals surface area contributed by atoms with Gasteiger partial charge in [-0.25, -0.2) is 0 Å². The minimum absolute atomic E-state index is 0.0221. The highest BCUT2D eigenvalue weighted by Crippen LogP contribution is 2.32. The van der Waals surface area contributed by atoms with Gasteiger partial charge in [-0.05, 0) is 57.5 Å². The molecule has 0 bridgehead atoms. The minimum atomic E-state index is -1.52. The van der Waals surface area contributed by atoms with Crippen LogP contribution in [0.25, 0.3) is 0 Å². The van der Waals surface area contributed by atoms with Crippen molar-refractivity contribution in [2.24, 2.45) is 0 Å². The van der Waals surface area contributed by atoms with E-state index >= 15 is 0 Å². The lowest BCUT2D eigenvalue weighted by Gasteiger charge is -2.36. The fraction of sp³-hybridized carbons (Fsp3) is 0.529. The van der Waals surface area contributed by atoms with Gasteiger partial charge in [-0.3, -0.25) is 14.5 Å². The molecule has 0 radical (unpaired) electrons. The molecule has 1 aromatic carbocycles. The van der Waals surface area contributed by atoms with Gasteiger partial charge >= 0.3 is 0 Å². The Morgan fingerprint density at radius 2 is 1.45 bits per heavy atom. The van der Waals surface area contributed by atoms with E-state index in [1.165, 1.54) is 4.90 Å². The number of hydrogen-bond donors (Lipinski definition) is 0. The fourth-order valence-electron chi connectivity index (χ4n) is 3.46. The SMILES string of the molecule is C[Si](C)(C)OC1CCC(N2C(=O)c3ccccc3C2=O)CC1. The maximum atomic E-state index is 12.5. The monoisotopic (exact) mass is 317 g/mol. The molecule has 0 spiro atoms. The minimum Gasteiger partial charge on any atom is -0.415 e. The highest BCUT2D eigenvalue weighted by Gasteiger charge is 2.41. The molecule has 1 aromatic rings. The number of nitrogens with zero attached hydrogens (tertiary/aromatic N) is 1. The molecule has 3 rings (SSSR count). The Labute approximate surface area is 132 Å². The largest absolute Gasteiger partial charge is 0.415 e. The Morgan fingerprint density at radius 1 is 0.955 bits per heavy atom. The number of benzene rings is 1. The van der Waals surface area contributed by atoms with E-state index in [4.69, 9.17) is 4.43 Å². The van der Waals surface area contributed by atoms with Crippen LogP contribution in [0.1, 0.15) is 46.4 Å². The lowest BCUT2D eigenvalue weighted by atomic mass is 9.92. The molecule has 2 amide bonds. The Balaban J connectivity index is 1.68. The van der Waals surface area contributed by atoms with Gasteiger partial charge in [0.15, 0.2) is 8.32 Å². The van der Waals surface area contributed by atoms with E-state index in [2.05, 4.69) is 19.6 Å². The van der Waals surface area contributed by atoms with Crippen LogP contribution in [-0.4, -0.2) is 37.2 Å². The molecular weight excluding hydrogens is 294 g/mol. The normalized spacial score (nSPS) is 25.5. The molecule has 0 unspecified atom stereocenters. The van der Waals surface area contributed by atoms with Crippen molar-refractivity contribution in [3.8, 4) is 0 Å². The third-order valence-electron chi connectivity index (χ3n) is 4.35. The molecule has 118 valence electrons. The van der Waals surface area contributed by atoms with E-state index < -0.39 is 8.32 Å². The van der Waals surface area contributed by atoms with Crippen LogP contribution in [0.4, 0.5) is 0 Å². The third kappa shape index (κ3) is 2.87. The number of fused-ring (bicyclic) bond motifs is 1. The molecule has 2 aliphatic rings. The van der Waals surface area contributed by atoms with Gasteiger partial charge in [0.25, 0.3) is 11.8 Å². The molecule has 0 aromatic heterocycles. The van der Waals surface area contributed by atoms with E-state index in [-0.39, 0.29) is 24.0 Å². The van der Waals surface area contributed by atoms with Gasteiger partial charge in [0, 0.05) is 12.1 Å². The molecule has 1 saturated carbocycles. The average molecular weight is 317 g/mol. The first-order valence-electron chi connectivity index (χ1n) is 8.01. The second kappa shape index (κ2) is 5.63. The molecular formula is C17H23NO3Si. The predicted octanol–water partition coefficient (Wildman–Crippen LogP) is 3.45. The van der Waals surface area contributed by atoms with Gasteiger partial charge < -0.3 is 4.43 Å². The summed E-state index contributed by atoms with van der Waals surface area (Å²) >= 11 is 0. The summed E-state index contributed by atoms with van der Waals surface area (Å²) in [6.45, 7) is 6.59. The molecule has 1 aliphatic carbocycles. The van der Waals surface area contributed by atoms with Crippen LogP contribution in [0.2, 0.25) is 19.6 Å². The van der Waals surface area contributed by atoms with E-state index in [0.717, 1.165) is 25.7 Å². The second-order valence-electron chi connectivity index (χ2n) is 7.19. The summed E-state index contributed by atoms with van der Waals surface area (Å²) in [6.07, 6.45) is 3.85. The van der Waals surface area contributed by atoms with Crippen molar-refractivity contribution in [3.63, 3.8) is 0 Å². The van der Waals surface area contributed by atoms with Gasteiger partial charge in [0.05, 0.1) is 11.1 Å². The summed E-state index contributed by atoms with van der Waals surface area (Å²) < 4.78 is 6.16. The molecule has 0 atom stereocenters. The second-order valence-corrected chi connectivity index (χ2v) is 11.6. The van der Waals surface area contributed by atoms with Crippen molar-refractivity contribution in [3.05, 3.63) is 35.4 Å². The Kier molecular flexibility index (Phi) is 3.95. The number of hydrogen-bond acceptors (Lipinski definition) is 3. The van der Waals surface area contributed by atoms with Crippen LogP contribution in [0, 0.1) is 0 Å². The fourth-order valence-corrected chi connectivity index (χ4v) is 4.70. The Hall–Kier alpha value is -1.46. The number of carbonyl (C=O) groups is 2. The Bertz CT molecular complexity index is 565. The van der Waals surface area contributed by atoms with Crippen LogP contribution in [0.5, 0.6) is 0 Å². The van der Waals surface area contributed by atoms with Crippen molar-refractivity contribution in [1.29, 1.82) is 0 Å². The third-order valence-corrected chi connectivity index (χ3v) is 5.40. The first-order valence-corrected chi connectivity index (χ1v) is 11.4. The lowest BCUT2D eigenvalue weighted by Crippen LogP contribution is -2.44. The highest BCUT2D eigenvalue weighted by molar-refractivity contribution is 6.69. The van der Waals surface area contributed by atoms with Crippen LogP contribution in [0.3, 0.4) is 0 Å². The summed E-state index contributed by atoms with van der Waals surface area (Å²) in [5, 5.41) is 0. The maximum Gasteiger partial charge on any atom is 0.261 e. The predicted molar refractivity (Wildman–Crippen MR) is 87.4 cm³/mol. The van der Waals surface area contributed by atoms with Crippen molar-refractivity contribution in [1.82, 2.24) is 4.90 Å². The zero-order chi connectivity index (χ0) is 15.9. The van der Waals surface area contributed by atoms with Gasteiger partial charge in [-0.1, -0.05) is 12.1 Å². The van der Waals surface area contributed by atoms with Crippen molar-refractivity contribution in [2.45, 2.75) is 57.5 Å². The topological polar surface area (TPSA) is 46.6 Å². The van der Waals surface area contributed by atoms with Crippen LogP contribution in [-0.2, 0) is 4.43 Å². The van der Waals surface area contributed by atoms with Crippen molar-refractivity contribution < 1.29 is 14.0 Å². The summed E-state index contributed by atoms with van der Waals surface area (Å²) in [5.41, 5.74) is 1.10. The number of imide groups is 1. The van der Waals surface area contributed by atoms with Gasteiger partial charge in [0.2, 0.25) is 0 Å². The summed E-state index contributed by atoms with van der Waals surface area (Å²) in [7, 11) is -1.52.